The average molecular weight is 433 g/mol. The number of aryl methyl sites for hydroxylation is 1. The van der Waals surface area contributed by atoms with Gasteiger partial charge in [-0.25, -0.2) is 4.39 Å². The molecule has 1 heterocycles. The summed E-state index contributed by atoms with van der Waals surface area (Å²) in [7, 11) is 0. The average Bonchev–Trinajstić information content (AvgIpc) is 2.66. The lowest BCUT2D eigenvalue weighted by Gasteiger charge is -2.18. The maximum absolute atomic E-state index is 14.1. The fourth-order valence-electron chi connectivity index (χ4n) is 2.61. The first-order valence-electron chi connectivity index (χ1n) is 8.27. The van der Waals surface area contributed by atoms with Crippen molar-refractivity contribution in [3.63, 3.8) is 0 Å². The van der Waals surface area contributed by atoms with Crippen molar-refractivity contribution in [2.45, 2.75) is 6.92 Å². The Morgan fingerprint density at radius 2 is 1.86 bits per heavy atom. The lowest BCUT2D eigenvalue weighted by Crippen LogP contribution is -2.40. The topological polar surface area (TPSA) is 39.0 Å². The minimum Gasteiger partial charge on any atom is -0.867 e. The third-order valence-electron chi connectivity index (χ3n) is 3.93. The number of nitrogens with one attached hydrogen (secondary N) is 1. The summed E-state index contributed by atoms with van der Waals surface area (Å²) in [5.41, 5.74) is 1.42. The van der Waals surface area contributed by atoms with Crippen molar-refractivity contribution >= 4 is 57.6 Å². The van der Waals surface area contributed by atoms with Gasteiger partial charge in [0.15, 0.2) is 17.4 Å². The highest BCUT2D eigenvalue weighted by molar-refractivity contribution is 7.81. The van der Waals surface area contributed by atoms with E-state index in [0.29, 0.717) is 5.02 Å². The van der Waals surface area contributed by atoms with Gasteiger partial charge >= 0.3 is 0 Å². The molecule has 0 saturated heterocycles. The van der Waals surface area contributed by atoms with Crippen molar-refractivity contribution in [1.29, 1.82) is 0 Å². The standard InChI is InChI=1S/C21H15Cl2FN2OS/c1-13-5-4-10-26(12-13)19(20(27)15-11-14(22)8-9-16(15)23)21(28)25-18-7-3-2-6-17(18)24/h2-12H,1H3,(H-,25,27,28). The molecule has 0 aliphatic carbocycles. The number of halogens is 3. The molecule has 0 unspecified atom stereocenters. The number of anilines is 1. The number of thiocarbonyl (C=S) groups is 1. The van der Waals surface area contributed by atoms with E-state index in [9.17, 15) is 9.50 Å². The molecular weight excluding hydrogens is 418 g/mol. The quantitative estimate of drug-likeness (QED) is 0.277. The van der Waals surface area contributed by atoms with Gasteiger partial charge in [0.25, 0.3) is 0 Å². The summed E-state index contributed by atoms with van der Waals surface area (Å²) in [6, 6.07) is 14.4. The van der Waals surface area contributed by atoms with Crippen molar-refractivity contribution in [3.8, 4) is 0 Å². The monoisotopic (exact) mass is 432 g/mol. The van der Waals surface area contributed by atoms with Gasteiger partial charge < -0.3 is 10.4 Å². The molecule has 0 saturated carbocycles. The number of para-hydroxylation sites is 1. The third-order valence-corrected chi connectivity index (χ3v) is 4.79. The maximum Gasteiger partial charge on any atom is 0.238 e. The SMILES string of the molecule is Cc1ccc[n+](C(C(=S)Nc2ccccc2F)=C([O-])c2cc(Cl)ccc2Cl)c1. The highest BCUT2D eigenvalue weighted by Gasteiger charge is 2.21. The Hall–Kier alpha value is -2.47. The van der Waals surface area contributed by atoms with Crippen LogP contribution >= 0.6 is 35.4 Å². The zero-order valence-corrected chi connectivity index (χ0v) is 17.1. The summed E-state index contributed by atoms with van der Waals surface area (Å²) >= 11 is 17.7. The van der Waals surface area contributed by atoms with Gasteiger partial charge in [0.1, 0.15) is 5.82 Å². The summed E-state index contributed by atoms with van der Waals surface area (Å²) in [4.78, 5) is 0.0572. The Bertz CT molecular complexity index is 1090. The van der Waals surface area contributed by atoms with Crippen molar-refractivity contribution in [2.24, 2.45) is 0 Å². The third kappa shape index (κ3) is 4.50. The second kappa shape index (κ2) is 8.69. The molecule has 0 amide bonds. The zero-order chi connectivity index (χ0) is 20.3. The highest BCUT2D eigenvalue weighted by atomic mass is 35.5. The van der Waals surface area contributed by atoms with Crippen LogP contribution in [0.3, 0.4) is 0 Å². The van der Waals surface area contributed by atoms with Crippen LogP contribution in [0.15, 0.2) is 67.0 Å². The Kier molecular flexibility index (Phi) is 6.29. The summed E-state index contributed by atoms with van der Waals surface area (Å²) in [5.74, 6) is -0.913. The molecule has 3 rings (SSSR count). The molecule has 0 aliphatic rings. The van der Waals surface area contributed by atoms with Gasteiger partial charge in [-0.1, -0.05) is 47.6 Å². The van der Waals surface area contributed by atoms with E-state index in [1.54, 1.807) is 47.3 Å². The number of nitrogens with zero attached hydrogens (tertiary/aromatic N) is 1. The van der Waals surface area contributed by atoms with Crippen molar-refractivity contribution in [2.75, 3.05) is 5.32 Å². The first kappa shape index (κ1) is 20.3. The van der Waals surface area contributed by atoms with Crippen LogP contribution in [0.2, 0.25) is 10.0 Å². The summed E-state index contributed by atoms with van der Waals surface area (Å²) in [6.45, 7) is 1.89. The van der Waals surface area contributed by atoms with Gasteiger partial charge in [0.2, 0.25) is 5.70 Å². The number of rotatable bonds is 4. The summed E-state index contributed by atoms with van der Waals surface area (Å²) in [5, 5.41) is 16.8. The smallest absolute Gasteiger partial charge is 0.238 e. The zero-order valence-electron chi connectivity index (χ0n) is 14.7. The van der Waals surface area contributed by atoms with Gasteiger partial charge in [-0.15, -0.1) is 0 Å². The van der Waals surface area contributed by atoms with E-state index >= 15 is 0 Å². The fraction of sp³-hybridized carbons (Fsp3) is 0.0476. The molecule has 142 valence electrons. The van der Waals surface area contributed by atoms with Crippen LogP contribution in [0, 0.1) is 12.7 Å². The number of aromatic nitrogens is 1. The molecule has 0 atom stereocenters. The first-order valence-corrected chi connectivity index (χ1v) is 9.44. The molecule has 0 fully saturated rings. The highest BCUT2D eigenvalue weighted by Crippen LogP contribution is 2.27. The molecule has 3 aromatic rings. The van der Waals surface area contributed by atoms with E-state index in [1.165, 1.54) is 18.2 Å². The molecule has 2 aromatic carbocycles. The second-order valence-electron chi connectivity index (χ2n) is 6.02. The van der Waals surface area contributed by atoms with E-state index in [0.717, 1.165) is 5.56 Å². The van der Waals surface area contributed by atoms with Crippen LogP contribution in [0.1, 0.15) is 11.1 Å². The molecule has 0 radical (unpaired) electrons. The first-order chi connectivity index (χ1) is 13.4. The van der Waals surface area contributed by atoms with E-state index < -0.39 is 11.6 Å². The van der Waals surface area contributed by atoms with Gasteiger partial charge in [0.05, 0.1) is 5.69 Å². The maximum atomic E-state index is 14.1. The van der Waals surface area contributed by atoms with Gasteiger partial charge in [0, 0.05) is 21.7 Å². The molecular formula is C21H15Cl2FN2OS. The molecule has 28 heavy (non-hydrogen) atoms. The molecule has 0 bridgehead atoms. The van der Waals surface area contributed by atoms with Crippen LogP contribution in [0.4, 0.5) is 10.1 Å². The van der Waals surface area contributed by atoms with Crippen molar-refractivity contribution in [3.05, 3.63) is 94.0 Å². The number of benzene rings is 2. The van der Waals surface area contributed by atoms with Crippen LogP contribution in [-0.2, 0) is 0 Å². The van der Waals surface area contributed by atoms with E-state index in [-0.39, 0.29) is 27.0 Å². The van der Waals surface area contributed by atoms with Crippen LogP contribution < -0.4 is 15.0 Å². The number of hydrogen-bond donors (Lipinski definition) is 1. The van der Waals surface area contributed by atoms with E-state index in [4.69, 9.17) is 35.4 Å². The van der Waals surface area contributed by atoms with Crippen LogP contribution in [-0.4, -0.2) is 4.99 Å². The van der Waals surface area contributed by atoms with Crippen LogP contribution in [0.25, 0.3) is 11.5 Å². The number of pyridine rings is 1. The Balaban J connectivity index is 2.16. The Labute approximate surface area is 177 Å². The molecule has 7 heteroatoms. The van der Waals surface area contributed by atoms with Gasteiger partial charge in [-0.05, 0) is 54.6 Å². The molecule has 0 spiro atoms. The minimum atomic E-state index is -0.480. The second-order valence-corrected chi connectivity index (χ2v) is 7.28. The Morgan fingerprint density at radius 3 is 2.57 bits per heavy atom. The largest absolute Gasteiger partial charge is 0.867 e. The number of hydrogen-bond acceptors (Lipinski definition) is 2. The molecule has 1 N–H and O–H groups in total. The fourth-order valence-corrected chi connectivity index (χ4v) is 3.30. The Morgan fingerprint density at radius 1 is 1.11 bits per heavy atom. The lowest BCUT2D eigenvalue weighted by atomic mass is 10.1. The van der Waals surface area contributed by atoms with E-state index in [1.807, 2.05) is 13.0 Å². The summed E-state index contributed by atoms with van der Waals surface area (Å²) < 4.78 is 15.6. The summed E-state index contributed by atoms with van der Waals surface area (Å²) in [6.07, 6.45) is 3.44. The predicted octanol–water partition coefficient (Wildman–Crippen LogP) is 4.85. The minimum absolute atomic E-state index is 0.0572. The van der Waals surface area contributed by atoms with Crippen LogP contribution in [0.5, 0.6) is 0 Å². The lowest BCUT2D eigenvalue weighted by molar-refractivity contribution is -0.578. The van der Waals surface area contributed by atoms with Crippen molar-refractivity contribution < 1.29 is 14.1 Å². The molecule has 0 aliphatic heterocycles. The van der Waals surface area contributed by atoms with E-state index in [2.05, 4.69) is 5.32 Å². The normalized spacial score (nSPS) is 11.7. The van der Waals surface area contributed by atoms with Crippen molar-refractivity contribution in [1.82, 2.24) is 0 Å². The van der Waals surface area contributed by atoms with Gasteiger partial charge in [-0.3, -0.25) is 0 Å². The predicted molar refractivity (Wildman–Crippen MR) is 114 cm³/mol. The van der Waals surface area contributed by atoms with Gasteiger partial charge in [-0.2, -0.15) is 4.57 Å². The molecule has 3 nitrogen and oxygen atoms in total. The molecule has 1 aromatic heterocycles.